The number of amides is 3. The fourth-order valence-electron chi connectivity index (χ4n) is 3.70. The molecule has 0 radical (unpaired) electrons. The predicted molar refractivity (Wildman–Crippen MR) is 137 cm³/mol. The smallest absolute Gasteiger partial charge is 0.283 e. The van der Waals surface area contributed by atoms with Gasteiger partial charge in [-0.15, -0.1) is 0 Å². The predicted octanol–water partition coefficient (Wildman–Crippen LogP) is 5.34. The van der Waals surface area contributed by atoms with E-state index in [1.54, 1.807) is 48.5 Å². The van der Waals surface area contributed by atoms with Crippen LogP contribution < -0.4 is 20.3 Å². The van der Waals surface area contributed by atoms with Gasteiger partial charge in [-0.25, -0.2) is 4.90 Å². The SMILES string of the molecule is CCOc1ccc(N2C(=O)C(Cl)=C(Nc3ccc(C(=O)Nc4ccccc4CC)cc3)C2=O)cc1. The maximum absolute atomic E-state index is 13.0. The van der Waals surface area contributed by atoms with Crippen LogP contribution in [0.5, 0.6) is 5.75 Å². The molecule has 2 N–H and O–H groups in total. The summed E-state index contributed by atoms with van der Waals surface area (Å²) >= 11 is 6.22. The average molecular weight is 490 g/mol. The third-order valence-corrected chi connectivity index (χ3v) is 5.85. The highest BCUT2D eigenvalue weighted by Crippen LogP contribution is 2.31. The summed E-state index contributed by atoms with van der Waals surface area (Å²) in [6.45, 7) is 4.40. The van der Waals surface area contributed by atoms with Gasteiger partial charge in [-0.05, 0) is 73.5 Å². The number of carbonyl (C=O) groups is 3. The molecule has 3 aromatic carbocycles. The van der Waals surface area contributed by atoms with Crippen molar-refractivity contribution in [2.24, 2.45) is 0 Å². The summed E-state index contributed by atoms with van der Waals surface area (Å²) in [5.74, 6) is -0.797. The Bertz CT molecular complexity index is 1300. The van der Waals surface area contributed by atoms with Crippen molar-refractivity contribution in [2.45, 2.75) is 20.3 Å². The van der Waals surface area contributed by atoms with Crippen LogP contribution in [0.4, 0.5) is 17.1 Å². The first kappa shape index (κ1) is 24.0. The van der Waals surface area contributed by atoms with Gasteiger partial charge in [-0.2, -0.15) is 0 Å². The van der Waals surface area contributed by atoms with Crippen molar-refractivity contribution in [3.05, 3.63) is 94.7 Å². The van der Waals surface area contributed by atoms with Crippen LogP contribution in [0.15, 0.2) is 83.5 Å². The van der Waals surface area contributed by atoms with Crippen molar-refractivity contribution in [3.63, 3.8) is 0 Å². The van der Waals surface area contributed by atoms with E-state index in [1.807, 2.05) is 38.1 Å². The van der Waals surface area contributed by atoms with Gasteiger partial charge >= 0.3 is 0 Å². The van der Waals surface area contributed by atoms with Crippen LogP contribution in [0, 0.1) is 0 Å². The number of halogens is 1. The molecule has 0 fully saturated rings. The van der Waals surface area contributed by atoms with Gasteiger partial charge in [0.25, 0.3) is 17.7 Å². The molecule has 1 aliphatic heterocycles. The molecule has 7 nitrogen and oxygen atoms in total. The number of benzene rings is 3. The fourth-order valence-corrected chi connectivity index (χ4v) is 3.91. The number of imide groups is 1. The maximum atomic E-state index is 13.0. The van der Waals surface area contributed by atoms with Gasteiger partial charge < -0.3 is 15.4 Å². The lowest BCUT2D eigenvalue weighted by Crippen LogP contribution is -2.32. The number of nitrogens with zero attached hydrogens (tertiary/aromatic N) is 1. The molecule has 1 aliphatic rings. The molecule has 8 heteroatoms. The van der Waals surface area contributed by atoms with Crippen LogP contribution in [0.3, 0.4) is 0 Å². The summed E-state index contributed by atoms with van der Waals surface area (Å²) in [5, 5.41) is 5.63. The average Bonchev–Trinajstić information content (AvgIpc) is 3.08. The quantitative estimate of drug-likeness (QED) is 0.417. The number of rotatable bonds is 8. The molecule has 4 rings (SSSR count). The Kier molecular flexibility index (Phi) is 7.17. The van der Waals surface area contributed by atoms with Gasteiger partial charge in [0.05, 0.1) is 12.3 Å². The highest BCUT2D eigenvalue weighted by Gasteiger charge is 2.39. The topological polar surface area (TPSA) is 87.7 Å². The number of ether oxygens (including phenoxy) is 1. The number of anilines is 3. The van der Waals surface area contributed by atoms with Crippen LogP contribution in [-0.2, 0) is 16.0 Å². The summed E-state index contributed by atoms with van der Waals surface area (Å²) in [4.78, 5) is 39.4. The number of para-hydroxylation sites is 1. The molecule has 0 unspecified atom stereocenters. The van der Waals surface area contributed by atoms with Crippen molar-refractivity contribution in [1.29, 1.82) is 0 Å². The van der Waals surface area contributed by atoms with Crippen molar-refractivity contribution in [1.82, 2.24) is 0 Å². The summed E-state index contributed by atoms with van der Waals surface area (Å²) in [7, 11) is 0. The van der Waals surface area contributed by atoms with Crippen molar-refractivity contribution < 1.29 is 19.1 Å². The van der Waals surface area contributed by atoms with Gasteiger partial charge in [-0.3, -0.25) is 14.4 Å². The molecule has 3 amide bonds. The Labute approximate surface area is 208 Å². The Morgan fingerprint density at radius 1 is 0.914 bits per heavy atom. The van der Waals surface area contributed by atoms with Crippen LogP contribution >= 0.6 is 11.6 Å². The fraction of sp³-hybridized carbons (Fsp3) is 0.148. The van der Waals surface area contributed by atoms with Crippen molar-refractivity contribution in [2.75, 3.05) is 22.1 Å². The first-order chi connectivity index (χ1) is 16.9. The zero-order chi connectivity index (χ0) is 24.9. The number of carbonyl (C=O) groups excluding carboxylic acids is 3. The van der Waals surface area contributed by atoms with Crippen LogP contribution in [-0.4, -0.2) is 24.3 Å². The van der Waals surface area contributed by atoms with E-state index in [4.69, 9.17) is 16.3 Å². The molecule has 0 aromatic heterocycles. The first-order valence-corrected chi connectivity index (χ1v) is 11.6. The zero-order valence-corrected chi connectivity index (χ0v) is 20.1. The molecule has 0 aliphatic carbocycles. The van der Waals surface area contributed by atoms with E-state index in [1.165, 1.54) is 0 Å². The summed E-state index contributed by atoms with van der Waals surface area (Å²) in [6.07, 6.45) is 0.801. The van der Waals surface area contributed by atoms with Crippen molar-refractivity contribution in [3.8, 4) is 5.75 Å². The second kappa shape index (κ2) is 10.4. The minimum atomic E-state index is -0.617. The highest BCUT2D eigenvalue weighted by molar-refractivity contribution is 6.53. The Balaban J connectivity index is 1.46. The zero-order valence-electron chi connectivity index (χ0n) is 19.3. The van der Waals surface area contributed by atoms with Gasteiger partial charge in [0.2, 0.25) is 0 Å². The van der Waals surface area contributed by atoms with Crippen LogP contribution in [0.2, 0.25) is 0 Å². The van der Waals surface area contributed by atoms with Crippen molar-refractivity contribution >= 4 is 46.4 Å². The summed E-state index contributed by atoms with van der Waals surface area (Å²) < 4.78 is 5.40. The largest absolute Gasteiger partial charge is 0.494 e. The highest BCUT2D eigenvalue weighted by atomic mass is 35.5. The van der Waals surface area contributed by atoms with E-state index < -0.39 is 11.8 Å². The number of nitrogens with one attached hydrogen (secondary N) is 2. The molecule has 0 saturated heterocycles. The lowest BCUT2D eigenvalue weighted by atomic mass is 10.1. The van der Waals surface area contributed by atoms with E-state index in [0.717, 1.165) is 22.6 Å². The Hall–Kier alpha value is -4.10. The Morgan fingerprint density at radius 2 is 1.60 bits per heavy atom. The van der Waals surface area contributed by atoms with Gasteiger partial charge in [-0.1, -0.05) is 36.7 Å². The number of hydrogen-bond donors (Lipinski definition) is 2. The molecule has 0 saturated carbocycles. The molecule has 0 atom stereocenters. The van der Waals surface area contributed by atoms with Gasteiger partial charge in [0.1, 0.15) is 16.5 Å². The van der Waals surface area contributed by atoms with Crippen LogP contribution in [0.1, 0.15) is 29.8 Å². The lowest BCUT2D eigenvalue weighted by molar-refractivity contribution is -0.120. The molecule has 3 aromatic rings. The summed E-state index contributed by atoms with van der Waals surface area (Å²) in [5.41, 5.74) is 3.13. The molecule has 35 heavy (non-hydrogen) atoms. The second-order valence-corrected chi connectivity index (χ2v) is 8.11. The number of aryl methyl sites for hydroxylation is 1. The minimum Gasteiger partial charge on any atom is -0.494 e. The van der Waals surface area contributed by atoms with E-state index in [-0.39, 0.29) is 16.6 Å². The molecular formula is C27H24ClN3O4. The van der Waals surface area contributed by atoms with E-state index in [9.17, 15) is 14.4 Å². The van der Waals surface area contributed by atoms with E-state index >= 15 is 0 Å². The third kappa shape index (κ3) is 5.05. The normalized spacial score (nSPS) is 13.3. The standard InChI is InChI=1S/C27H24ClN3O4/c1-3-17-7-5-6-8-22(17)30-25(32)18-9-11-19(12-10-18)29-24-23(28)26(33)31(27(24)34)20-13-15-21(16-14-20)35-4-2/h5-16,29H,3-4H2,1-2H3,(H,30,32). The van der Waals surface area contributed by atoms with Gasteiger partial charge in [0.15, 0.2) is 0 Å². The lowest BCUT2D eigenvalue weighted by Gasteiger charge is -2.15. The second-order valence-electron chi connectivity index (χ2n) is 7.73. The van der Waals surface area contributed by atoms with Crippen LogP contribution in [0.25, 0.3) is 0 Å². The maximum Gasteiger partial charge on any atom is 0.283 e. The molecular weight excluding hydrogens is 466 g/mol. The molecule has 0 spiro atoms. The third-order valence-electron chi connectivity index (χ3n) is 5.50. The first-order valence-electron chi connectivity index (χ1n) is 11.2. The molecule has 1 heterocycles. The summed E-state index contributed by atoms with van der Waals surface area (Å²) in [6, 6.07) is 20.8. The molecule has 178 valence electrons. The monoisotopic (exact) mass is 489 g/mol. The van der Waals surface area contributed by atoms with E-state index in [0.29, 0.717) is 29.3 Å². The minimum absolute atomic E-state index is 0.0281. The molecule has 0 bridgehead atoms. The Morgan fingerprint density at radius 3 is 2.26 bits per heavy atom. The van der Waals surface area contributed by atoms with E-state index in [2.05, 4.69) is 10.6 Å². The number of hydrogen-bond acceptors (Lipinski definition) is 5. The van der Waals surface area contributed by atoms with Gasteiger partial charge in [0, 0.05) is 16.9 Å².